The van der Waals surface area contributed by atoms with Gasteiger partial charge in [0.25, 0.3) is 0 Å². The van der Waals surface area contributed by atoms with Crippen LogP contribution in [0.25, 0.3) is 0 Å². The van der Waals surface area contributed by atoms with E-state index in [2.05, 4.69) is 4.74 Å². The predicted octanol–water partition coefficient (Wildman–Crippen LogP) is 1.30. The Balaban J connectivity index is 3.15. The van der Waals surface area contributed by atoms with E-state index in [4.69, 9.17) is 5.73 Å². The Hall–Kier alpha value is -1.75. The number of benzene rings is 1. The Morgan fingerprint density at radius 3 is 2.53 bits per heavy atom. The highest BCUT2D eigenvalue weighted by molar-refractivity contribution is 5.77. The minimum Gasteiger partial charge on any atom is -0.508 e. The van der Waals surface area contributed by atoms with Gasteiger partial charge in [-0.2, -0.15) is 0 Å². The molecule has 0 aliphatic rings. The number of ether oxygens (including phenoxy) is 1. The zero-order chi connectivity index (χ0) is 13.2. The van der Waals surface area contributed by atoms with Crippen molar-refractivity contribution in [1.82, 2.24) is 0 Å². The third kappa shape index (κ3) is 2.50. The molecule has 1 atom stereocenters. The van der Waals surface area contributed by atoms with E-state index < -0.39 is 17.4 Å². The van der Waals surface area contributed by atoms with Gasteiger partial charge in [0.05, 0.1) is 12.5 Å². The van der Waals surface area contributed by atoms with Crippen molar-refractivity contribution in [2.75, 3.05) is 7.11 Å². The summed E-state index contributed by atoms with van der Waals surface area (Å²) in [5, 5.41) is 19.0. The second kappa shape index (κ2) is 4.63. The highest BCUT2D eigenvalue weighted by Gasteiger charge is 2.37. The maximum Gasteiger partial charge on any atom is 0.313 e. The summed E-state index contributed by atoms with van der Waals surface area (Å²) >= 11 is 0. The third-order valence-electron chi connectivity index (χ3n) is 2.84. The Morgan fingerprint density at radius 2 is 2.00 bits per heavy atom. The third-order valence-corrected chi connectivity index (χ3v) is 2.84. The van der Waals surface area contributed by atoms with E-state index in [0.717, 1.165) is 0 Å². The molecule has 0 spiro atoms. The van der Waals surface area contributed by atoms with Crippen LogP contribution in [-0.2, 0) is 9.53 Å². The number of carbonyl (C=O) groups is 1. The number of rotatable bonds is 3. The van der Waals surface area contributed by atoms with Crippen molar-refractivity contribution in [1.29, 1.82) is 0 Å². The van der Waals surface area contributed by atoms with Crippen molar-refractivity contribution in [2.24, 2.45) is 11.1 Å². The van der Waals surface area contributed by atoms with Crippen molar-refractivity contribution in [3.63, 3.8) is 0 Å². The molecule has 0 saturated heterocycles. The summed E-state index contributed by atoms with van der Waals surface area (Å²) in [5.41, 5.74) is 5.25. The van der Waals surface area contributed by atoms with Crippen molar-refractivity contribution in [2.45, 2.75) is 19.9 Å². The lowest BCUT2D eigenvalue weighted by Crippen LogP contribution is -2.37. The summed E-state index contributed by atoms with van der Waals surface area (Å²) in [4.78, 5) is 11.6. The van der Waals surface area contributed by atoms with Crippen LogP contribution < -0.4 is 5.73 Å². The SMILES string of the molecule is COC(=O)C(C)(C)[C@H](N)c1cc(O)ccc1O. The first-order chi connectivity index (χ1) is 7.80. The fourth-order valence-corrected chi connectivity index (χ4v) is 1.57. The van der Waals surface area contributed by atoms with Gasteiger partial charge in [-0.1, -0.05) is 0 Å². The molecular weight excluding hydrogens is 222 g/mol. The van der Waals surface area contributed by atoms with Crippen LogP contribution in [0.4, 0.5) is 0 Å². The number of hydrogen-bond donors (Lipinski definition) is 3. The second-order valence-corrected chi connectivity index (χ2v) is 4.43. The van der Waals surface area contributed by atoms with Gasteiger partial charge in [0.15, 0.2) is 0 Å². The number of phenols is 2. The number of esters is 1. The first-order valence-electron chi connectivity index (χ1n) is 5.16. The van der Waals surface area contributed by atoms with Crippen molar-refractivity contribution in [3.8, 4) is 11.5 Å². The molecule has 0 aliphatic heterocycles. The van der Waals surface area contributed by atoms with Crippen molar-refractivity contribution < 1.29 is 19.7 Å². The van der Waals surface area contributed by atoms with E-state index in [1.807, 2.05) is 0 Å². The smallest absolute Gasteiger partial charge is 0.313 e. The molecule has 1 aromatic rings. The number of hydrogen-bond acceptors (Lipinski definition) is 5. The van der Waals surface area contributed by atoms with Crippen molar-refractivity contribution >= 4 is 5.97 Å². The first-order valence-corrected chi connectivity index (χ1v) is 5.16. The number of aromatic hydroxyl groups is 2. The maximum absolute atomic E-state index is 11.6. The Kier molecular flexibility index (Phi) is 3.63. The fraction of sp³-hybridized carbons (Fsp3) is 0.417. The number of phenolic OH excluding ortho intramolecular Hbond substituents is 2. The normalized spacial score (nSPS) is 13.2. The number of carbonyl (C=O) groups excluding carboxylic acids is 1. The molecule has 17 heavy (non-hydrogen) atoms. The van der Waals surface area contributed by atoms with E-state index in [9.17, 15) is 15.0 Å². The maximum atomic E-state index is 11.6. The average molecular weight is 239 g/mol. The summed E-state index contributed by atoms with van der Waals surface area (Å²) in [6.07, 6.45) is 0. The molecule has 0 bridgehead atoms. The lowest BCUT2D eigenvalue weighted by molar-refractivity contribution is -0.152. The van der Waals surface area contributed by atoms with Gasteiger partial charge >= 0.3 is 5.97 Å². The fourth-order valence-electron chi connectivity index (χ4n) is 1.57. The van der Waals surface area contributed by atoms with Gasteiger partial charge in [-0.3, -0.25) is 4.79 Å². The molecule has 0 heterocycles. The second-order valence-electron chi connectivity index (χ2n) is 4.43. The standard InChI is InChI=1S/C12H17NO4/c1-12(2,11(16)17-3)10(13)8-6-7(14)4-5-9(8)15/h4-6,10,14-15H,13H2,1-3H3/t10-/m1/s1. The Morgan fingerprint density at radius 1 is 1.41 bits per heavy atom. The molecule has 5 nitrogen and oxygen atoms in total. The van der Waals surface area contributed by atoms with E-state index in [-0.39, 0.29) is 11.5 Å². The molecule has 94 valence electrons. The van der Waals surface area contributed by atoms with Crippen molar-refractivity contribution in [3.05, 3.63) is 23.8 Å². The molecular formula is C12H17NO4. The number of methoxy groups -OCH3 is 1. The highest BCUT2D eigenvalue weighted by atomic mass is 16.5. The molecule has 1 rings (SSSR count). The van der Waals surface area contributed by atoms with Gasteiger partial charge < -0.3 is 20.7 Å². The van der Waals surface area contributed by atoms with Crippen LogP contribution in [0.3, 0.4) is 0 Å². The largest absolute Gasteiger partial charge is 0.508 e. The lowest BCUT2D eigenvalue weighted by Gasteiger charge is -2.29. The molecule has 0 amide bonds. The van der Waals surface area contributed by atoms with Crippen LogP contribution in [0.5, 0.6) is 11.5 Å². The van der Waals surface area contributed by atoms with Crippen LogP contribution in [0.1, 0.15) is 25.5 Å². The summed E-state index contributed by atoms with van der Waals surface area (Å²) in [5.74, 6) is -0.561. The minimum atomic E-state index is -1.000. The van der Waals surface area contributed by atoms with Gasteiger partial charge in [0.1, 0.15) is 11.5 Å². The van der Waals surface area contributed by atoms with E-state index in [1.165, 1.54) is 25.3 Å². The van der Waals surface area contributed by atoms with Gasteiger partial charge in [-0.05, 0) is 32.0 Å². The predicted molar refractivity (Wildman–Crippen MR) is 62.5 cm³/mol. The molecule has 0 aromatic heterocycles. The summed E-state index contributed by atoms with van der Waals surface area (Å²) < 4.78 is 4.66. The van der Waals surface area contributed by atoms with E-state index >= 15 is 0 Å². The van der Waals surface area contributed by atoms with Crippen LogP contribution in [-0.4, -0.2) is 23.3 Å². The average Bonchev–Trinajstić information content (AvgIpc) is 2.30. The zero-order valence-corrected chi connectivity index (χ0v) is 10.1. The van der Waals surface area contributed by atoms with Gasteiger partial charge in [0, 0.05) is 11.6 Å². The van der Waals surface area contributed by atoms with Crippen LogP contribution in [0.15, 0.2) is 18.2 Å². The van der Waals surface area contributed by atoms with Gasteiger partial charge in [-0.25, -0.2) is 0 Å². The number of nitrogens with two attached hydrogens (primary N) is 1. The quantitative estimate of drug-likeness (QED) is 0.546. The topological polar surface area (TPSA) is 92.8 Å². The molecule has 0 aliphatic carbocycles. The summed E-state index contributed by atoms with van der Waals surface area (Å²) in [6.45, 7) is 3.24. The Bertz CT molecular complexity index is 429. The first kappa shape index (κ1) is 13.3. The molecule has 4 N–H and O–H groups in total. The lowest BCUT2D eigenvalue weighted by atomic mass is 9.80. The summed E-state index contributed by atoms with van der Waals surface area (Å²) in [7, 11) is 1.28. The molecule has 5 heteroatoms. The zero-order valence-electron chi connectivity index (χ0n) is 10.1. The monoisotopic (exact) mass is 239 g/mol. The van der Waals surface area contributed by atoms with Crippen LogP contribution in [0.2, 0.25) is 0 Å². The molecule has 1 aromatic carbocycles. The molecule has 0 unspecified atom stereocenters. The Labute approximate surface area is 99.8 Å². The molecule has 0 fully saturated rings. The van der Waals surface area contributed by atoms with Gasteiger partial charge in [0.2, 0.25) is 0 Å². The molecule has 0 saturated carbocycles. The van der Waals surface area contributed by atoms with Gasteiger partial charge in [-0.15, -0.1) is 0 Å². The van der Waals surface area contributed by atoms with Crippen LogP contribution in [0, 0.1) is 5.41 Å². The highest BCUT2D eigenvalue weighted by Crippen LogP contribution is 2.37. The van der Waals surface area contributed by atoms with Crippen LogP contribution >= 0.6 is 0 Å². The van der Waals surface area contributed by atoms with E-state index in [1.54, 1.807) is 13.8 Å². The molecule has 0 radical (unpaired) electrons. The summed E-state index contributed by atoms with van der Waals surface area (Å²) in [6, 6.07) is 3.24. The minimum absolute atomic E-state index is 0.0195. The van der Waals surface area contributed by atoms with E-state index in [0.29, 0.717) is 5.56 Å².